The average Bonchev–Trinajstić information content (AvgIpc) is 2.75. The molecule has 8 heteroatoms. The van der Waals surface area contributed by atoms with E-state index in [1.54, 1.807) is 32.0 Å². The normalized spacial score (nSPS) is 12.2. The van der Waals surface area contributed by atoms with Crippen molar-refractivity contribution in [3.05, 3.63) is 65.2 Å². The molecule has 0 spiro atoms. The zero-order valence-corrected chi connectivity index (χ0v) is 21.0. The van der Waals surface area contributed by atoms with Crippen LogP contribution in [0.25, 0.3) is 0 Å². The Labute approximate surface area is 197 Å². The highest BCUT2D eigenvalue weighted by molar-refractivity contribution is 7.92. The third-order valence-electron chi connectivity index (χ3n) is 5.50. The van der Waals surface area contributed by atoms with Crippen molar-refractivity contribution in [3.63, 3.8) is 0 Å². The summed E-state index contributed by atoms with van der Waals surface area (Å²) in [5.41, 5.74) is 3.10. The first-order valence-corrected chi connectivity index (χ1v) is 13.1. The first-order valence-electron chi connectivity index (χ1n) is 11.2. The van der Waals surface area contributed by atoms with Gasteiger partial charge in [0.15, 0.2) is 0 Å². The van der Waals surface area contributed by atoms with E-state index < -0.39 is 22.0 Å². The molecule has 0 fully saturated rings. The molecule has 0 unspecified atom stereocenters. The third kappa shape index (κ3) is 7.60. The van der Waals surface area contributed by atoms with Gasteiger partial charge in [-0.15, -0.1) is 0 Å². The average molecular weight is 474 g/mol. The summed E-state index contributed by atoms with van der Waals surface area (Å²) < 4.78 is 26.3. The SMILES string of the molecule is CCCCNC(=O)[C@@H](C)N(Cc1cccc(C)c1)C(=O)CN(c1ccccc1C)S(C)(=O)=O. The van der Waals surface area contributed by atoms with Crippen LogP contribution in [0.1, 0.15) is 43.4 Å². The molecule has 0 aromatic heterocycles. The first kappa shape index (κ1) is 26.4. The molecule has 2 amide bonds. The number of sulfonamides is 1. The van der Waals surface area contributed by atoms with E-state index in [4.69, 9.17) is 0 Å². The maximum absolute atomic E-state index is 13.5. The predicted octanol–water partition coefficient (Wildman–Crippen LogP) is 3.40. The van der Waals surface area contributed by atoms with E-state index in [-0.39, 0.29) is 19.0 Å². The fourth-order valence-electron chi connectivity index (χ4n) is 3.56. The van der Waals surface area contributed by atoms with Crippen molar-refractivity contribution < 1.29 is 18.0 Å². The van der Waals surface area contributed by atoms with Crippen LogP contribution in [0.15, 0.2) is 48.5 Å². The number of nitrogens with one attached hydrogen (secondary N) is 1. The number of benzene rings is 2. The second-order valence-electron chi connectivity index (χ2n) is 8.39. The fourth-order valence-corrected chi connectivity index (χ4v) is 4.47. The number of amides is 2. The van der Waals surface area contributed by atoms with E-state index in [2.05, 4.69) is 5.32 Å². The summed E-state index contributed by atoms with van der Waals surface area (Å²) in [5.74, 6) is -0.699. The molecule has 0 heterocycles. The Balaban J connectivity index is 2.36. The van der Waals surface area contributed by atoms with E-state index >= 15 is 0 Å². The minimum absolute atomic E-state index is 0.203. The van der Waals surface area contributed by atoms with Crippen molar-refractivity contribution in [1.29, 1.82) is 0 Å². The molecule has 0 aliphatic rings. The van der Waals surface area contributed by atoms with E-state index in [1.165, 1.54) is 4.90 Å². The molecule has 2 aromatic carbocycles. The maximum Gasteiger partial charge on any atom is 0.244 e. The van der Waals surface area contributed by atoms with Crippen LogP contribution in [0.2, 0.25) is 0 Å². The van der Waals surface area contributed by atoms with Gasteiger partial charge < -0.3 is 10.2 Å². The molecule has 0 aliphatic carbocycles. The van der Waals surface area contributed by atoms with Crippen LogP contribution >= 0.6 is 0 Å². The summed E-state index contributed by atoms with van der Waals surface area (Å²) >= 11 is 0. The van der Waals surface area contributed by atoms with E-state index in [9.17, 15) is 18.0 Å². The largest absolute Gasteiger partial charge is 0.354 e. The molecule has 2 rings (SSSR count). The van der Waals surface area contributed by atoms with Gasteiger partial charge in [0, 0.05) is 13.1 Å². The van der Waals surface area contributed by atoms with Gasteiger partial charge in [0.05, 0.1) is 11.9 Å². The zero-order chi connectivity index (χ0) is 24.6. The molecule has 7 nitrogen and oxygen atoms in total. The lowest BCUT2D eigenvalue weighted by Crippen LogP contribution is -2.51. The summed E-state index contributed by atoms with van der Waals surface area (Å²) in [6, 6.07) is 14.0. The van der Waals surface area contributed by atoms with Gasteiger partial charge in [0.1, 0.15) is 12.6 Å². The van der Waals surface area contributed by atoms with Gasteiger partial charge in [-0.05, 0) is 44.4 Å². The van der Waals surface area contributed by atoms with Crippen LogP contribution in [-0.4, -0.2) is 50.5 Å². The van der Waals surface area contributed by atoms with E-state index in [0.717, 1.165) is 40.1 Å². The minimum atomic E-state index is -3.73. The Morgan fingerprint density at radius 1 is 1.06 bits per heavy atom. The van der Waals surface area contributed by atoms with Crippen molar-refractivity contribution in [3.8, 4) is 0 Å². The number of unbranched alkanes of at least 4 members (excludes halogenated alkanes) is 1. The lowest BCUT2D eigenvalue weighted by atomic mass is 10.1. The molecular formula is C25H35N3O4S. The Bertz CT molecular complexity index is 1070. The van der Waals surface area contributed by atoms with Gasteiger partial charge in [-0.1, -0.05) is 61.4 Å². The number of aryl methyl sites for hydroxylation is 2. The number of carbonyl (C=O) groups is 2. The molecule has 0 saturated heterocycles. The third-order valence-corrected chi connectivity index (χ3v) is 6.62. The van der Waals surface area contributed by atoms with Crippen molar-refractivity contribution >= 4 is 27.5 Å². The second-order valence-corrected chi connectivity index (χ2v) is 10.3. The van der Waals surface area contributed by atoms with Gasteiger partial charge in [-0.2, -0.15) is 0 Å². The summed E-state index contributed by atoms with van der Waals surface area (Å²) in [5, 5.41) is 2.88. The maximum atomic E-state index is 13.5. The molecule has 0 bridgehead atoms. The number of para-hydroxylation sites is 1. The number of anilines is 1. The van der Waals surface area contributed by atoms with Crippen LogP contribution in [0, 0.1) is 13.8 Å². The van der Waals surface area contributed by atoms with Gasteiger partial charge in [0.2, 0.25) is 21.8 Å². The molecule has 0 radical (unpaired) electrons. The van der Waals surface area contributed by atoms with Gasteiger partial charge >= 0.3 is 0 Å². The molecule has 2 aromatic rings. The predicted molar refractivity (Wildman–Crippen MR) is 132 cm³/mol. The standard InChI is InChI=1S/C25H35N3O4S/c1-6-7-15-26-25(30)21(4)27(17-22-13-10-11-19(2)16-22)24(29)18-28(33(5,31)32)23-14-9-8-12-20(23)3/h8-14,16,21H,6-7,15,17-18H2,1-5H3,(H,26,30)/t21-/m1/s1. The van der Waals surface area contributed by atoms with Crippen LogP contribution in [0.4, 0.5) is 5.69 Å². The molecule has 33 heavy (non-hydrogen) atoms. The minimum Gasteiger partial charge on any atom is -0.354 e. The number of hydrogen-bond donors (Lipinski definition) is 1. The lowest BCUT2D eigenvalue weighted by molar-refractivity contribution is -0.139. The summed E-state index contributed by atoms with van der Waals surface area (Å²) in [7, 11) is -3.73. The molecular weight excluding hydrogens is 438 g/mol. The smallest absolute Gasteiger partial charge is 0.244 e. The number of carbonyl (C=O) groups excluding carboxylic acids is 2. The van der Waals surface area contributed by atoms with Gasteiger partial charge in [0.25, 0.3) is 0 Å². The highest BCUT2D eigenvalue weighted by Crippen LogP contribution is 2.23. The van der Waals surface area contributed by atoms with Crippen LogP contribution in [-0.2, 0) is 26.2 Å². The van der Waals surface area contributed by atoms with Gasteiger partial charge in [-0.3, -0.25) is 13.9 Å². The quantitative estimate of drug-likeness (QED) is 0.507. The van der Waals surface area contributed by atoms with Crippen LogP contribution in [0.5, 0.6) is 0 Å². The number of nitrogens with zero attached hydrogens (tertiary/aromatic N) is 2. The monoisotopic (exact) mass is 473 g/mol. The summed E-state index contributed by atoms with van der Waals surface area (Å²) in [6.07, 6.45) is 2.87. The van der Waals surface area contributed by atoms with Crippen molar-refractivity contribution in [2.45, 2.75) is 53.1 Å². The van der Waals surface area contributed by atoms with Crippen LogP contribution < -0.4 is 9.62 Å². The van der Waals surface area contributed by atoms with Crippen molar-refractivity contribution in [2.24, 2.45) is 0 Å². The van der Waals surface area contributed by atoms with E-state index in [0.29, 0.717) is 12.2 Å². The number of hydrogen-bond acceptors (Lipinski definition) is 4. The topological polar surface area (TPSA) is 86.8 Å². The van der Waals surface area contributed by atoms with Crippen molar-refractivity contribution in [2.75, 3.05) is 23.7 Å². The van der Waals surface area contributed by atoms with Crippen LogP contribution in [0.3, 0.4) is 0 Å². The second kappa shape index (κ2) is 11.8. The highest BCUT2D eigenvalue weighted by atomic mass is 32.2. The molecule has 0 aliphatic heterocycles. The molecule has 1 N–H and O–H groups in total. The highest BCUT2D eigenvalue weighted by Gasteiger charge is 2.30. The molecule has 1 atom stereocenters. The zero-order valence-electron chi connectivity index (χ0n) is 20.2. The van der Waals surface area contributed by atoms with Gasteiger partial charge in [-0.25, -0.2) is 8.42 Å². The van der Waals surface area contributed by atoms with E-state index in [1.807, 2.05) is 44.2 Å². The Morgan fingerprint density at radius 3 is 2.36 bits per heavy atom. The summed E-state index contributed by atoms with van der Waals surface area (Å²) in [6.45, 7) is 7.82. The number of rotatable bonds is 11. The van der Waals surface area contributed by atoms with Crippen molar-refractivity contribution in [1.82, 2.24) is 10.2 Å². The Hall–Kier alpha value is -2.87. The summed E-state index contributed by atoms with van der Waals surface area (Å²) in [4.78, 5) is 27.7. The molecule has 0 saturated carbocycles. The lowest BCUT2D eigenvalue weighted by Gasteiger charge is -2.32. The fraction of sp³-hybridized carbons (Fsp3) is 0.440. The first-order chi connectivity index (χ1) is 15.5. The Kier molecular flexibility index (Phi) is 9.46. The Morgan fingerprint density at radius 2 is 1.76 bits per heavy atom. The molecule has 180 valence electrons.